The van der Waals surface area contributed by atoms with Gasteiger partial charge in [-0.25, -0.2) is 0 Å². The van der Waals surface area contributed by atoms with Gasteiger partial charge >= 0.3 is 0 Å². The second kappa shape index (κ2) is 6.51. The van der Waals surface area contributed by atoms with Crippen LogP contribution in [0, 0.1) is 0 Å². The van der Waals surface area contributed by atoms with Crippen molar-refractivity contribution in [1.82, 2.24) is 9.80 Å². The van der Waals surface area contributed by atoms with E-state index in [1.54, 1.807) is 0 Å². The molecule has 1 aromatic rings. The number of nitrogens with zero attached hydrogens (tertiary/aromatic N) is 2. The summed E-state index contributed by atoms with van der Waals surface area (Å²) >= 11 is 0. The third-order valence-electron chi connectivity index (χ3n) is 4.13. The van der Waals surface area contributed by atoms with Gasteiger partial charge in [-0.1, -0.05) is 30.3 Å². The van der Waals surface area contributed by atoms with E-state index in [2.05, 4.69) is 40.1 Å². The Labute approximate surface area is 116 Å². The third kappa shape index (κ3) is 3.78. The van der Waals surface area contributed by atoms with Crippen LogP contribution in [-0.4, -0.2) is 55.2 Å². The fourth-order valence-electron chi connectivity index (χ4n) is 3.13. The summed E-state index contributed by atoms with van der Waals surface area (Å²) in [4.78, 5) is 5.08. The van der Waals surface area contributed by atoms with Crippen LogP contribution < -0.4 is 0 Å². The lowest BCUT2D eigenvalue weighted by Crippen LogP contribution is -2.46. The van der Waals surface area contributed by atoms with E-state index in [0.717, 1.165) is 32.8 Å². The zero-order chi connectivity index (χ0) is 12.9. The first-order chi connectivity index (χ1) is 9.40. The summed E-state index contributed by atoms with van der Waals surface area (Å²) < 4.78 is 5.92. The number of hydrogen-bond donors (Lipinski definition) is 0. The van der Waals surface area contributed by atoms with Crippen LogP contribution in [0.1, 0.15) is 18.4 Å². The van der Waals surface area contributed by atoms with Crippen molar-refractivity contribution >= 4 is 0 Å². The molecular weight excluding hydrogens is 236 g/mol. The molecule has 104 valence electrons. The molecule has 1 atom stereocenters. The maximum absolute atomic E-state index is 5.92. The van der Waals surface area contributed by atoms with Gasteiger partial charge in [0, 0.05) is 26.2 Å². The van der Waals surface area contributed by atoms with E-state index >= 15 is 0 Å². The van der Waals surface area contributed by atoms with Crippen molar-refractivity contribution in [1.29, 1.82) is 0 Å². The maximum atomic E-state index is 5.92. The van der Waals surface area contributed by atoms with Gasteiger partial charge in [-0.3, -0.25) is 4.90 Å². The van der Waals surface area contributed by atoms with Crippen LogP contribution in [0.4, 0.5) is 0 Å². The molecule has 0 aromatic heterocycles. The molecule has 3 heteroatoms. The molecule has 1 unspecified atom stereocenters. The highest BCUT2D eigenvalue weighted by atomic mass is 16.5. The highest BCUT2D eigenvalue weighted by Gasteiger charge is 2.23. The van der Waals surface area contributed by atoms with E-state index in [0.29, 0.717) is 6.10 Å². The van der Waals surface area contributed by atoms with Gasteiger partial charge in [-0.2, -0.15) is 0 Å². The summed E-state index contributed by atoms with van der Waals surface area (Å²) in [5, 5.41) is 0. The normalized spacial score (nSPS) is 25.8. The number of likely N-dealkylation sites (tertiary alicyclic amines) is 1. The SMILES string of the molecule is c1ccc(CN2CCOC(CN3CCCC3)C2)cc1. The quantitative estimate of drug-likeness (QED) is 0.823. The van der Waals surface area contributed by atoms with Gasteiger partial charge in [0.15, 0.2) is 0 Å². The minimum atomic E-state index is 0.399. The van der Waals surface area contributed by atoms with E-state index in [9.17, 15) is 0 Å². The number of hydrogen-bond acceptors (Lipinski definition) is 3. The van der Waals surface area contributed by atoms with Crippen molar-refractivity contribution in [3.63, 3.8) is 0 Å². The van der Waals surface area contributed by atoms with Crippen LogP contribution in [0.5, 0.6) is 0 Å². The average Bonchev–Trinajstić information content (AvgIpc) is 2.93. The van der Waals surface area contributed by atoms with E-state index in [1.165, 1.54) is 31.5 Å². The van der Waals surface area contributed by atoms with E-state index < -0.39 is 0 Å². The summed E-state index contributed by atoms with van der Waals surface area (Å²) in [6, 6.07) is 10.8. The Morgan fingerprint density at radius 2 is 1.79 bits per heavy atom. The van der Waals surface area contributed by atoms with E-state index in [-0.39, 0.29) is 0 Å². The minimum absolute atomic E-state index is 0.399. The van der Waals surface area contributed by atoms with E-state index in [1.807, 2.05) is 0 Å². The summed E-state index contributed by atoms with van der Waals surface area (Å²) in [5.74, 6) is 0. The topological polar surface area (TPSA) is 15.7 Å². The van der Waals surface area contributed by atoms with Gasteiger partial charge in [0.1, 0.15) is 0 Å². The van der Waals surface area contributed by atoms with Crippen molar-refractivity contribution in [3.05, 3.63) is 35.9 Å². The highest BCUT2D eigenvalue weighted by Crippen LogP contribution is 2.14. The van der Waals surface area contributed by atoms with Crippen LogP contribution in [-0.2, 0) is 11.3 Å². The molecule has 0 spiro atoms. The Hall–Kier alpha value is -0.900. The molecule has 1 aromatic carbocycles. The molecule has 19 heavy (non-hydrogen) atoms. The fourth-order valence-corrected chi connectivity index (χ4v) is 3.13. The van der Waals surface area contributed by atoms with E-state index in [4.69, 9.17) is 4.74 Å². The molecule has 3 rings (SSSR count). The van der Waals surface area contributed by atoms with Crippen molar-refractivity contribution < 1.29 is 4.74 Å². The first-order valence-electron chi connectivity index (χ1n) is 7.50. The van der Waals surface area contributed by atoms with Gasteiger partial charge in [0.25, 0.3) is 0 Å². The van der Waals surface area contributed by atoms with Gasteiger partial charge in [0.05, 0.1) is 12.7 Å². The Balaban J connectivity index is 1.50. The number of benzene rings is 1. The Bertz CT molecular complexity index is 376. The van der Waals surface area contributed by atoms with Crippen molar-refractivity contribution in [2.45, 2.75) is 25.5 Å². The molecule has 2 heterocycles. The molecule has 0 aliphatic carbocycles. The molecule has 0 N–H and O–H groups in total. The zero-order valence-electron chi connectivity index (χ0n) is 11.6. The fraction of sp³-hybridized carbons (Fsp3) is 0.625. The summed E-state index contributed by atoms with van der Waals surface area (Å²) in [5.41, 5.74) is 1.41. The smallest absolute Gasteiger partial charge is 0.0829 e. The first kappa shape index (κ1) is 13.1. The second-order valence-corrected chi connectivity index (χ2v) is 5.72. The van der Waals surface area contributed by atoms with Crippen LogP contribution in [0.3, 0.4) is 0 Å². The molecule has 2 aliphatic rings. The second-order valence-electron chi connectivity index (χ2n) is 5.72. The first-order valence-corrected chi connectivity index (χ1v) is 7.50. The molecule has 2 aliphatic heterocycles. The summed E-state index contributed by atoms with van der Waals surface area (Å²) in [6.45, 7) is 7.71. The Kier molecular flexibility index (Phi) is 4.49. The van der Waals surface area contributed by atoms with Crippen LogP contribution in [0.2, 0.25) is 0 Å². The molecule has 0 amide bonds. The predicted octanol–water partition coefficient (Wildman–Crippen LogP) is 1.98. The number of morpholine rings is 1. The molecule has 2 saturated heterocycles. The van der Waals surface area contributed by atoms with Crippen molar-refractivity contribution in [3.8, 4) is 0 Å². The summed E-state index contributed by atoms with van der Waals surface area (Å²) in [6.07, 6.45) is 3.12. The van der Waals surface area contributed by atoms with Gasteiger partial charge < -0.3 is 9.64 Å². The molecule has 0 saturated carbocycles. The van der Waals surface area contributed by atoms with Crippen molar-refractivity contribution in [2.75, 3.05) is 39.3 Å². The highest BCUT2D eigenvalue weighted by molar-refractivity contribution is 5.14. The molecule has 2 fully saturated rings. The lowest BCUT2D eigenvalue weighted by molar-refractivity contribution is -0.0433. The molecule has 0 bridgehead atoms. The third-order valence-corrected chi connectivity index (χ3v) is 4.13. The Morgan fingerprint density at radius 3 is 2.58 bits per heavy atom. The monoisotopic (exact) mass is 260 g/mol. The average molecular weight is 260 g/mol. The minimum Gasteiger partial charge on any atom is -0.374 e. The van der Waals surface area contributed by atoms with Crippen molar-refractivity contribution in [2.24, 2.45) is 0 Å². The van der Waals surface area contributed by atoms with Crippen LogP contribution in [0.25, 0.3) is 0 Å². The largest absolute Gasteiger partial charge is 0.374 e. The predicted molar refractivity (Wildman–Crippen MR) is 77.1 cm³/mol. The molecule has 3 nitrogen and oxygen atoms in total. The zero-order valence-corrected chi connectivity index (χ0v) is 11.6. The lowest BCUT2D eigenvalue weighted by atomic mass is 10.2. The van der Waals surface area contributed by atoms with Crippen LogP contribution in [0.15, 0.2) is 30.3 Å². The van der Waals surface area contributed by atoms with Crippen LogP contribution >= 0.6 is 0 Å². The van der Waals surface area contributed by atoms with Gasteiger partial charge in [-0.15, -0.1) is 0 Å². The lowest BCUT2D eigenvalue weighted by Gasteiger charge is -2.34. The standard InChI is InChI=1S/C16H24N2O/c1-2-6-15(7-3-1)12-18-10-11-19-16(14-18)13-17-8-4-5-9-17/h1-3,6-7,16H,4-5,8-14H2. The number of rotatable bonds is 4. The number of ether oxygens (including phenoxy) is 1. The Morgan fingerprint density at radius 1 is 1.00 bits per heavy atom. The summed E-state index contributed by atoms with van der Waals surface area (Å²) in [7, 11) is 0. The van der Waals surface area contributed by atoms with Gasteiger partial charge in [-0.05, 0) is 31.5 Å². The molecule has 0 radical (unpaired) electrons. The van der Waals surface area contributed by atoms with Gasteiger partial charge in [0.2, 0.25) is 0 Å². The molecular formula is C16H24N2O. The maximum Gasteiger partial charge on any atom is 0.0829 e.